The third-order valence-electron chi connectivity index (χ3n) is 6.17. The Morgan fingerprint density at radius 2 is 1.71 bits per heavy atom. The van der Waals surface area contributed by atoms with E-state index in [0.29, 0.717) is 19.1 Å². The number of carbonyl (C=O) groups excluding carboxylic acids is 1. The molecule has 176 valence electrons. The summed E-state index contributed by atoms with van der Waals surface area (Å²) in [5.41, 5.74) is 0.819. The monoisotopic (exact) mass is 432 g/mol. The van der Waals surface area contributed by atoms with Crippen LogP contribution < -0.4 is 5.32 Å². The fourth-order valence-electron chi connectivity index (χ4n) is 4.26. The van der Waals surface area contributed by atoms with Gasteiger partial charge in [0, 0.05) is 6.20 Å². The lowest BCUT2D eigenvalue weighted by atomic mass is 9.97. The normalized spacial score (nSPS) is 18.2. The summed E-state index contributed by atoms with van der Waals surface area (Å²) in [6.45, 7) is 3.80. The summed E-state index contributed by atoms with van der Waals surface area (Å²) in [6, 6.07) is 5.63. The van der Waals surface area contributed by atoms with Crippen LogP contribution in [0.4, 0.5) is 4.79 Å². The molecule has 1 aliphatic rings. The summed E-state index contributed by atoms with van der Waals surface area (Å²) in [7, 11) is 0. The number of hydrogen-bond acceptors (Lipinski definition) is 4. The van der Waals surface area contributed by atoms with Gasteiger partial charge in [-0.3, -0.25) is 4.98 Å². The van der Waals surface area contributed by atoms with Gasteiger partial charge >= 0.3 is 6.09 Å². The molecule has 0 bridgehead atoms. The number of ether oxygens (including phenoxy) is 2. The summed E-state index contributed by atoms with van der Waals surface area (Å²) in [5.74, 6) is 0.619. The van der Waals surface area contributed by atoms with Crippen LogP contribution in [-0.4, -0.2) is 30.4 Å². The molecule has 1 N–H and O–H groups in total. The van der Waals surface area contributed by atoms with E-state index in [1.807, 2.05) is 18.2 Å². The molecule has 0 aromatic carbocycles. The van der Waals surface area contributed by atoms with Crippen molar-refractivity contribution >= 4 is 6.09 Å². The number of aromatic nitrogens is 1. The van der Waals surface area contributed by atoms with Gasteiger partial charge in [-0.1, -0.05) is 90.0 Å². The Hall–Kier alpha value is -1.62. The minimum Gasteiger partial charge on any atom is -0.447 e. The molecule has 0 saturated carbocycles. The number of unbranched alkanes of at least 4 members (excludes halogenated alkanes) is 11. The van der Waals surface area contributed by atoms with Crippen molar-refractivity contribution in [1.82, 2.24) is 10.3 Å². The van der Waals surface area contributed by atoms with Gasteiger partial charge in [-0.15, -0.1) is 0 Å². The number of pyridine rings is 1. The highest BCUT2D eigenvalue weighted by Gasteiger charge is 2.26. The maximum absolute atomic E-state index is 11.8. The predicted molar refractivity (Wildman–Crippen MR) is 126 cm³/mol. The minimum atomic E-state index is -0.404. The Kier molecular flexibility index (Phi) is 14.1. The highest BCUT2D eigenvalue weighted by Crippen LogP contribution is 2.25. The first kappa shape index (κ1) is 25.6. The average Bonchev–Trinajstić information content (AvgIpc) is 3.25. The van der Waals surface area contributed by atoms with Crippen LogP contribution >= 0.6 is 0 Å². The van der Waals surface area contributed by atoms with Crippen molar-refractivity contribution < 1.29 is 14.3 Å². The molecule has 0 aliphatic carbocycles. The number of amides is 1. The summed E-state index contributed by atoms with van der Waals surface area (Å²) in [4.78, 5) is 16.0. The molecule has 1 aromatic heterocycles. The Morgan fingerprint density at radius 1 is 1.03 bits per heavy atom. The Balaban J connectivity index is 1.37. The summed E-state index contributed by atoms with van der Waals surface area (Å²) < 4.78 is 11.1. The topological polar surface area (TPSA) is 60.5 Å². The van der Waals surface area contributed by atoms with Crippen LogP contribution in [0.2, 0.25) is 0 Å². The van der Waals surface area contributed by atoms with E-state index in [1.54, 1.807) is 6.20 Å². The first-order chi connectivity index (χ1) is 15.3. The molecule has 5 nitrogen and oxygen atoms in total. The first-order valence-electron chi connectivity index (χ1n) is 12.7. The van der Waals surface area contributed by atoms with Crippen LogP contribution in [0.15, 0.2) is 24.4 Å². The molecule has 2 atom stereocenters. The molecule has 31 heavy (non-hydrogen) atoms. The third-order valence-corrected chi connectivity index (χ3v) is 6.17. The largest absolute Gasteiger partial charge is 0.447 e. The number of nitrogens with one attached hydrogen (secondary N) is 1. The summed E-state index contributed by atoms with van der Waals surface area (Å²) in [6.07, 6.45) is 20.3. The van der Waals surface area contributed by atoms with Crippen LogP contribution in [0.3, 0.4) is 0 Å². The van der Waals surface area contributed by atoms with Crippen molar-refractivity contribution in [2.45, 2.75) is 109 Å². The van der Waals surface area contributed by atoms with Gasteiger partial charge in [-0.25, -0.2) is 4.79 Å². The maximum Gasteiger partial charge on any atom is 0.407 e. The second-order valence-electron chi connectivity index (χ2n) is 9.01. The molecular formula is C26H44N2O3. The molecule has 1 fully saturated rings. The van der Waals surface area contributed by atoms with E-state index in [2.05, 4.69) is 17.2 Å². The number of hydrogen-bond donors (Lipinski definition) is 1. The average molecular weight is 433 g/mol. The first-order valence-corrected chi connectivity index (χ1v) is 12.7. The smallest absolute Gasteiger partial charge is 0.407 e. The van der Waals surface area contributed by atoms with Gasteiger partial charge in [0.15, 0.2) is 0 Å². The van der Waals surface area contributed by atoms with Crippen molar-refractivity contribution in [3.63, 3.8) is 0 Å². The van der Waals surface area contributed by atoms with E-state index in [-0.39, 0.29) is 6.10 Å². The second-order valence-corrected chi connectivity index (χ2v) is 9.01. The SMILES string of the molecule is CCCCCCCCCCCCCC[C@H]1CO[C@H](COC(=O)NCc2ccccn2)C1. The van der Waals surface area contributed by atoms with Crippen LogP contribution in [0.25, 0.3) is 0 Å². The van der Waals surface area contributed by atoms with Gasteiger partial charge in [0.1, 0.15) is 6.61 Å². The fourth-order valence-corrected chi connectivity index (χ4v) is 4.26. The Bertz CT molecular complexity index is 567. The Morgan fingerprint density at radius 3 is 2.35 bits per heavy atom. The van der Waals surface area contributed by atoms with Gasteiger partial charge in [0.2, 0.25) is 0 Å². The highest BCUT2D eigenvalue weighted by atomic mass is 16.6. The zero-order chi connectivity index (χ0) is 22.0. The van der Waals surface area contributed by atoms with Crippen LogP contribution in [0, 0.1) is 5.92 Å². The van der Waals surface area contributed by atoms with Gasteiger partial charge in [-0.05, 0) is 30.9 Å². The fraction of sp³-hybridized carbons (Fsp3) is 0.769. The summed E-state index contributed by atoms with van der Waals surface area (Å²) >= 11 is 0. The molecule has 1 amide bonds. The number of nitrogens with zero attached hydrogens (tertiary/aromatic N) is 1. The summed E-state index contributed by atoms with van der Waals surface area (Å²) in [5, 5.41) is 2.73. The van der Waals surface area contributed by atoms with Crippen molar-refractivity contribution in [2.75, 3.05) is 13.2 Å². The predicted octanol–water partition coefficient (Wildman–Crippen LogP) is 6.80. The molecule has 0 radical (unpaired) electrons. The molecule has 2 rings (SSSR count). The van der Waals surface area contributed by atoms with Crippen LogP contribution in [0.1, 0.15) is 103 Å². The molecular weight excluding hydrogens is 388 g/mol. The van der Waals surface area contributed by atoms with Crippen molar-refractivity contribution in [3.8, 4) is 0 Å². The van der Waals surface area contributed by atoms with Gasteiger partial charge in [0.25, 0.3) is 0 Å². The van der Waals surface area contributed by atoms with Crippen molar-refractivity contribution in [1.29, 1.82) is 0 Å². The van der Waals surface area contributed by atoms with Gasteiger partial charge in [-0.2, -0.15) is 0 Å². The molecule has 0 unspecified atom stereocenters. The zero-order valence-electron chi connectivity index (χ0n) is 19.7. The number of carbonyl (C=O) groups is 1. The second kappa shape index (κ2) is 17.0. The van der Waals surface area contributed by atoms with Crippen molar-refractivity contribution in [3.05, 3.63) is 30.1 Å². The molecule has 1 aromatic rings. The van der Waals surface area contributed by atoms with E-state index >= 15 is 0 Å². The standard InChI is InChI=1S/C26H44N2O3/c1-2-3-4-5-6-7-8-9-10-11-12-13-16-23-19-25(30-21-23)22-31-26(29)28-20-24-17-14-15-18-27-24/h14-15,17-18,23,25H,2-13,16,19-22H2,1H3,(H,28,29)/t23-,25+/m1/s1. The van der Waals surface area contributed by atoms with E-state index in [4.69, 9.17) is 9.47 Å². The van der Waals surface area contributed by atoms with Gasteiger partial charge < -0.3 is 14.8 Å². The molecule has 1 aliphatic heterocycles. The number of rotatable bonds is 17. The lowest BCUT2D eigenvalue weighted by Crippen LogP contribution is -2.27. The lowest BCUT2D eigenvalue weighted by Gasteiger charge is -2.11. The van der Waals surface area contributed by atoms with E-state index in [1.165, 1.54) is 83.5 Å². The maximum atomic E-state index is 11.8. The third kappa shape index (κ3) is 12.7. The van der Waals surface area contributed by atoms with E-state index in [0.717, 1.165) is 18.7 Å². The zero-order valence-corrected chi connectivity index (χ0v) is 19.7. The lowest BCUT2D eigenvalue weighted by molar-refractivity contribution is 0.0424. The number of alkyl carbamates (subject to hydrolysis) is 1. The Labute approximate surface area is 189 Å². The quantitative estimate of drug-likeness (QED) is 0.275. The van der Waals surface area contributed by atoms with Crippen LogP contribution in [0.5, 0.6) is 0 Å². The van der Waals surface area contributed by atoms with Crippen molar-refractivity contribution in [2.24, 2.45) is 5.92 Å². The molecule has 5 heteroatoms. The van der Waals surface area contributed by atoms with Crippen LogP contribution in [-0.2, 0) is 16.0 Å². The van der Waals surface area contributed by atoms with E-state index < -0.39 is 6.09 Å². The molecule has 1 saturated heterocycles. The highest BCUT2D eigenvalue weighted by molar-refractivity contribution is 5.67. The molecule has 0 spiro atoms. The van der Waals surface area contributed by atoms with Gasteiger partial charge in [0.05, 0.1) is 24.9 Å². The van der Waals surface area contributed by atoms with E-state index in [9.17, 15) is 4.79 Å². The molecule has 2 heterocycles. The minimum absolute atomic E-state index is 0.0444.